The van der Waals surface area contributed by atoms with Gasteiger partial charge in [0.15, 0.2) is 17.5 Å². The number of carbonyl (C=O) groups is 1. The third kappa shape index (κ3) is 3.18. The molecule has 2 aromatic heterocycles. The van der Waals surface area contributed by atoms with Crippen LogP contribution < -0.4 is 4.90 Å². The molecule has 0 bridgehead atoms. The van der Waals surface area contributed by atoms with E-state index in [0.29, 0.717) is 17.9 Å². The Bertz CT molecular complexity index is 1090. The number of nitrogens with zero attached hydrogens (tertiary/aromatic N) is 6. The van der Waals surface area contributed by atoms with Crippen molar-refractivity contribution in [3.8, 4) is 22.6 Å². The molecule has 1 aliphatic heterocycles. The number of amides is 1. The summed E-state index contributed by atoms with van der Waals surface area (Å²) in [5, 5.41) is 11.0. The molecule has 1 fully saturated rings. The molecule has 0 aliphatic carbocycles. The molecule has 0 N–H and O–H groups in total. The van der Waals surface area contributed by atoms with Gasteiger partial charge in [-0.1, -0.05) is 13.0 Å². The lowest BCUT2D eigenvalue weighted by Crippen LogP contribution is -2.26. The third-order valence-electron chi connectivity index (χ3n) is 4.66. The van der Waals surface area contributed by atoms with E-state index >= 15 is 0 Å². The number of carbonyl (C=O) groups excluding carboxylic acids is 1. The Hall–Kier alpha value is -3.50. The molecule has 0 unspecified atom stereocenters. The van der Waals surface area contributed by atoms with Crippen LogP contribution in [0.4, 0.5) is 23.7 Å². The number of halogens is 3. The molecule has 0 saturated carbocycles. The van der Waals surface area contributed by atoms with Gasteiger partial charge in [0.25, 0.3) is 0 Å². The first-order valence-electron chi connectivity index (χ1n) is 8.75. The summed E-state index contributed by atoms with van der Waals surface area (Å²) in [6, 6.07) is 3.64. The molecule has 1 aromatic carbocycles. The van der Waals surface area contributed by atoms with Crippen LogP contribution >= 0.6 is 0 Å². The second-order valence-electron chi connectivity index (χ2n) is 6.46. The molecule has 150 valence electrons. The van der Waals surface area contributed by atoms with Gasteiger partial charge in [0.05, 0.1) is 17.8 Å². The van der Waals surface area contributed by atoms with Crippen LogP contribution in [0.2, 0.25) is 0 Å². The number of benzene rings is 1. The van der Waals surface area contributed by atoms with Crippen LogP contribution in [0.3, 0.4) is 0 Å². The second kappa shape index (κ2) is 7.15. The average molecular weight is 404 g/mol. The fourth-order valence-electron chi connectivity index (χ4n) is 3.09. The molecule has 29 heavy (non-hydrogen) atoms. The van der Waals surface area contributed by atoms with Crippen LogP contribution in [-0.4, -0.2) is 43.9 Å². The fraction of sp³-hybridized carbons (Fsp3) is 0.278. The van der Waals surface area contributed by atoms with E-state index in [1.807, 2.05) is 0 Å². The van der Waals surface area contributed by atoms with Crippen LogP contribution in [0, 0.1) is 17.5 Å². The number of hydrogen-bond acceptors (Lipinski definition) is 6. The molecular weight excluding hydrogens is 389 g/mol. The van der Waals surface area contributed by atoms with E-state index in [9.17, 15) is 18.0 Å². The molecule has 1 aliphatic rings. The summed E-state index contributed by atoms with van der Waals surface area (Å²) >= 11 is 0. The van der Waals surface area contributed by atoms with Crippen molar-refractivity contribution < 1.29 is 22.7 Å². The Morgan fingerprint density at radius 1 is 1.24 bits per heavy atom. The summed E-state index contributed by atoms with van der Waals surface area (Å²) in [6.45, 7) is 1.81. The van der Waals surface area contributed by atoms with E-state index in [-0.39, 0.29) is 12.1 Å². The van der Waals surface area contributed by atoms with Crippen molar-refractivity contribution >= 4 is 11.8 Å². The van der Waals surface area contributed by atoms with Gasteiger partial charge >= 0.3 is 6.09 Å². The number of aryl methyl sites for hydroxylation is 1. The summed E-state index contributed by atoms with van der Waals surface area (Å²) in [6.07, 6.45) is 0.401. The first-order chi connectivity index (χ1) is 13.9. The van der Waals surface area contributed by atoms with Crippen LogP contribution in [-0.2, 0) is 11.8 Å². The van der Waals surface area contributed by atoms with E-state index in [2.05, 4.69) is 20.5 Å². The Kier molecular flexibility index (Phi) is 4.65. The van der Waals surface area contributed by atoms with Gasteiger partial charge in [-0.25, -0.2) is 22.6 Å². The van der Waals surface area contributed by atoms with Crippen LogP contribution in [0.5, 0.6) is 0 Å². The Balaban J connectivity index is 1.71. The van der Waals surface area contributed by atoms with Crippen molar-refractivity contribution in [2.24, 2.45) is 7.05 Å². The highest BCUT2D eigenvalue weighted by atomic mass is 19.2. The molecular formula is C18H15F3N6O2. The number of cyclic esters (lactones) is 1. The Morgan fingerprint density at radius 2 is 2.03 bits per heavy atom. The molecule has 3 aromatic rings. The number of hydrogen-bond donors (Lipinski definition) is 0. The first kappa shape index (κ1) is 18.8. The lowest BCUT2D eigenvalue weighted by molar-refractivity contribution is 0.139. The van der Waals surface area contributed by atoms with Gasteiger partial charge in [0.1, 0.15) is 17.6 Å². The monoisotopic (exact) mass is 404 g/mol. The topological polar surface area (TPSA) is 86.0 Å². The minimum atomic E-state index is -1.41. The summed E-state index contributed by atoms with van der Waals surface area (Å²) in [4.78, 5) is 16.9. The van der Waals surface area contributed by atoms with Crippen LogP contribution in [0.15, 0.2) is 24.4 Å². The summed E-state index contributed by atoms with van der Waals surface area (Å²) < 4.78 is 50.6. The highest BCUT2D eigenvalue weighted by Crippen LogP contribution is 2.35. The molecule has 1 saturated heterocycles. The number of pyridine rings is 1. The maximum atomic E-state index is 14.7. The quantitative estimate of drug-likeness (QED) is 0.621. The van der Waals surface area contributed by atoms with Crippen LogP contribution in [0.1, 0.15) is 13.3 Å². The van der Waals surface area contributed by atoms with Gasteiger partial charge in [0.2, 0.25) is 0 Å². The third-order valence-corrected chi connectivity index (χ3v) is 4.66. The van der Waals surface area contributed by atoms with Crippen molar-refractivity contribution in [2.75, 3.05) is 11.4 Å². The van der Waals surface area contributed by atoms with E-state index < -0.39 is 40.9 Å². The summed E-state index contributed by atoms with van der Waals surface area (Å²) in [5.41, 5.74) is -0.676. The largest absolute Gasteiger partial charge is 0.444 e. The zero-order valence-electron chi connectivity index (χ0n) is 15.4. The fourth-order valence-corrected chi connectivity index (χ4v) is 3.09. The number of tetrazole rings is 1. The lowest BCUT2D eigenvalue weighted by Gasteiger charge is -2.16. The van der Waals surface area contributed by atoms with E-state index in [0.717, 1.165) is 11.0 Å². The van der Waals surface area contributed by atoms with Gasteiger partial charge in [0, 0.05) is 24.9 Å². The molecule has 1 amide bonds. The first-order valence-corrected chi connectivity index (χ1v) is 8.75. The van der Waals surface area contributed by atoms with Gasteiger partial charge in [-0.15, -0.1) is 5.10 Å². The number of rotatable bonds is 4. The van der Waals surface area contributed by atoms with Gasteiger partial charge < -0.3 is 4.74 Å². The van der Waals surface area contributed by atoms with E-state index in [1.165, 1.54) is 23.0 Å². The molecule has 3 heterocycles. The van der Waals surface area contributed by atoms with Gasteiger partial charge in [-0.2, -0.15) is 0 Å². The minimum Gasteiger partial charge on any atom is -0.444 e. The van der Waals surface area contributed by atoms with Crippen molar-refractivity contribution in [3.05, 3.63) is 41.8 Å². The predicted molar refractivity (Wildman–Crippen MR) is 95.2 cm³/mol. The maximum absolute atomic E-state index is 14.7. The van der Waals surface area contributed by atoms with Crippen molar-refractivity contribution in [1.82, 2.24) is 25.2 Å². The molecule has 0 radical (unpaired) electrons. The zero-order chi connectivity index (χ0) is 20.7. The maximum Gasteiger partial charge on any atom is 0.414 e. The number of aromatic nitrogens is 5. The molecule has 11 heteroatoms. The molecule has 0 spiro atoms. The minimum absolute atomic E-state index is 0.0203. The SMILES string of the molecule is CC[C@H]1CN(c2cc(F)c(-c3ccc(-c4nnnn4C)nc3)c(F)c2F)C(=O)O1. The van der Waals surface area contributed by atoms with Gasteiger partial charge in [-0.05, 0) is 22.9 Å². The summed E-state index contributed by atoms with van der Waals surface area (Å²) in [5.74, 6) is -3.42. The highest BCUT2D eigenvalue weighted by Gasteiger charge is 2.35. The standard InChI is InChI=1S/C18H15F3N6O2/c1-3-10-8-27(18(28)29-10)13-6-11(19)14(16(21)15(13)20)9-4-5-12(22-7-9)17-23-24-25-26(17)2/h4-7,10H,3,8H2,1-2H3/t10-/m0/s1. The average Bonchev–Trinajstić information content (AvgIpc) is 3.30. The lowest BCUT2D eigenvalue weighted by atomic mass is 10.0. The van der Waals surface area contributed by atoms with E-state index in [1.54, 1.807) is 14.0 Å². The van der Waals surface area contributed by atoms with E-state index in [4.69, 9.17) is 4.74 Å². The predicted octanol–water partition coefficient (Wildman–Crippen LogP) is 3.09. The normalized spacial score (nSPS) is 16.4. The number of ether oxygens (including phenoxy) is 1. The molecule has 8 nitrogen and oxygen atoms in total. The van der Waals surface area contributed by atoms with Crippen molar-refractivity contribution in [1.29, 1.82) is 0 Å². The Labute approximate surface area is 162 Å². The molecule has 1 atom stereocenters. The Morgan fingerprint density at radius 3 is 2.62 bits per heavy atom. The van der Waals surface area contributed by atoms with Crippen LogP contribution in [0.25, 0.3) is 22.6 Å². The molecule has 4 rings (SSSR count). The summed E-state index contributed by atoms with van der Waals surface area (Å²) in [7, 11) is 1.62. The smallest absolute Gasteiger partial charge is 0.414 e. The highest BCUT2D eigenvalue weighted by molar-refractivity contribution is 5.90. The second-order valence-corrected chi connectivity index (χ2v) is 6.46. The van der Waals surface area contributed by atoms with Gasteiger partial charge in [-0.3, -0.25) is 9.88 Å². The zero-order valence-corrected chi connectivity index (χ0v) is 15.4. The van der Waals surface area contributed by atoms with Crippen molar-refractivity contribution in [2.45, 2.75) is 19.4 Å². The number of anilines is 1. The van der Waals surface area contributed by atoms with Crippen molar-refractivity contribution in [3.63, 3.8) is 0 Å².